The monoisotopic (exact) mass is 381 g/mol. The maximum absolute atomic E-state index is 14.0. The highest BCUT2D eigenvalue weighted by Crippen LogP contribution is 2.34. The molecule has 0 unspecified atom stereocenters. The van der Waals surface area contributed by atoms with Gasteiger partial charge >= 0.3 is 0 Å². The Labute approximate surface area is 150 Å². The third kappa shape index (κ3) is 3.75. The molecule has 0 atom stereocenters. The molecule has 26 heavy (non-hydrogen) atoms. The van der Waals surface area contributed by atoms with E-state index >= 15 is 0 Å². The predicted molar refractivity (Wildman–Crippen MR) is 90.8 cm³/mol. The van der Waals surface area contributed by atoms with Gasteiger partial charge in [-0.1, -0.05) is 0 Å². The first-order valence-corrected chi connectivity index (χ1v) is 8.90. The second-order valence-corrected chi connectivity index (χ2v) is 7.91. The van der Waals surface area contributed by atoms with E-state index in [0.29, 0.717) is 16.0 Å². The Morgan fingerprint density at radius 3 is 1.15 bits per heavy atom. The second-order valence-electron chi connectivity index (χ2n) is 5.89. The van der Waals surface area contributed by atoms with Crippen LogP contribution in [0, 0.1) is 42.9 Å². The zero-order valence-electron chi connectivity index (χ0n) is 13.9. The van der Waals surface area contributed by atoms with Crippen LogP contribution in [0.5, 0.6) is 0 Å². The van der Waals surface area contributed by atoms with Gasteiger partial charge in [0.15, 0.2) is 14.7 Å². The van der Waals surface area contributed by atoms with Crippen LogP contribution in [0.3, 0.4) is 0 Å². The molecule has 0 saturated carbocycles. The maximum Gasteiger partial charge on any atom is 0.172 e. The summed E-state index contributed by atoms with van der Waals surface area (Å²) in [7, 11) is -1.21. The van der Waals surface area contributed by atoms with Gasteiger partial charge in [0.25, 0.3) is 0 Å². The van der Waals surface area contributed by atoms with Crippen molar-refractivity contribution in [2.24, 2.45) is 0 Å². The van der Waals surface area contributed by atoms with E-state index < -0.39 is 40.0 Å². The Bertz CT molecular complexity index is 869. The average Bonchev–Trinajstić information content (AvgIpc) is 2.51. The Balaban J connectivity index is 2.28. The smallest absolute Gasteiger partial charge is 0.172 e. The van der Waals surface area contributed by atoms with Gasteiger partial charge in [0.05, 0.1) is 10.9 Å². The molecule has 3 aromatic rings. The van der Waals surface area contributed by atoms with E-state index in [-0.39, 0.29) is 9.79 Å². The number of hydrogen-bond donors (Lipinski definition) is 0. The number of aryl methyl sites for hydroxylation is 2. The molecule has 3 rings (SSSR count). The first-order chi connectivity index (χ1) is 12.2. The molecule has 0 amide bonds. The highest BCUT2D eigenvalue weighted by atomic mass is 32.2. The summed E-state index contributed by atoms with van der Waals surface area (Å²) in [5.41, 5.74) is 0.678. The lowest BCUT2D eigenvalue weighted by molar-refractivity contribution is 0.576. The van der Waals surface area contributed by atoms with Crippen molar-refractivity contribution < 1.29 is 22.0 Å². The molecular weight excluding hydrogens is 367 g/mol. The van der Waals surface area contributed by atoms with Crippen molar-refractivity contribution in [2.45, 2.75) is 28.5 Å². The van der Waals surface area contributed by atoms with Gasteiger partial charge in [-0.15, -0.1) is 0 Å². The summed E-state index contributed by atoms with van der Waals surface area (Å²) in [5, 5.41) is 0. The Morgan fingerprint density at radius 1 is 0.500 bits per heavy atom. The fourth-order valence-corrected chi connectivity index (χ4v) is 5.05. The van der Waals surface area contributed by atoms with Crippen LogP contribution in [0.4, 0.5) is 22.0 Å². The molecule has 0 spiro atoms. The summed E-state index contributed by atoms with van der Waals surface area (Å²) in [6, 6.07) is 8.95. The summed E-state index contributed by atoms with van der Waals surface area (Å²) >= 11 is 0. The maximum atomic E-state index is 14.0. The van der Waals surface area contributed by atoms with E-state index in [1.165, 1.54) is 12.1 Å². The molecule has 3 aromatic carbocycles. The van der Waals surface area contributed by atoms with Crippen LogP contribution >= 0.6 is 0 Å². The molecule has 6 heteroatoms. The largest absolute Gasteiger partial charge is 0.207 e. The minimum Gasteiger partial charge on any atom is -0.207 e. The minimum atomic E-state index is -1.21. The van der Waals surface area contributed by atoms with Crippen LogP contribution in [0.15, 0.2) is 63.2 Å². The zero-order valence-corrected chi connectivity index (χ0v) is 14.7. The lowest BCUT2D eigenvalue weighted by Gasteiger charge is -2.11. The van der Waals surface area contributed by atoms with Crippen LogP contribution in [0.2, 0.25) is 0 Å². The Morgan fingerprint density at radius 2 is 0.808 bits per heavy atom. The summed E-state index contributed by atoms with van der Waals surface area (Å²) < 4.78 is 69.0. The zero-order chi connectivity index (χ0) is 19.0. The number of benzene rings is 3. The van der Waals surface area contributed by atoms with Crippen LogP contribution < -0.4 is 0 Å². The summed E-state index contributed by atoms with van der Waals surface area (Å²) in [6.07, 6.45) is 0. The van der Waals surface area contributed by atoms with Crippen LogP contribution in [0.25, 0.3) is 0 Å². The van der Waals surface area contributed by atoms with E-state index in [9.17, 15) is 22.0 Å². The van der Waals surface area contributed by atoms with Crippen LogP contribution in [0.1, 0.15) is 11.1 Å². The molecule has 0 radical (unpaired) electrons. The average molecular weight is 381 g/mol. The highest BCUT2D eigenvalue weighted by molar-refractivity contribution is 7.97. The molecular formula is C20H14F5S+. The van der Waals surface area contributed by atoms with Crippen molar-refractivity contribution in [1.29, 1.82) is 0 Å². The van der Waals surface area contributed by atoms with Gasteiger partial charge in [0.2, 0.25) is 0 Å². The van der Waals surface area contributed by atoms with Gasteiger partial charge in [-0.25, -0.2) is 22.0 Å². The van der Waals surface area contributed by atoms with E-state index in [0.717, 1.165) is 36.4 Å². The fraction of sp³-hybridized carbons (Fsp3) is 0.100. The first kappa shape index (κ1) is 18.5. The van der Waals surface area contributed by atoms with Crippen molar-refractivity contribution in [3.63, 3.8) is 0 Å². The Kier molecular flexibility index (Phi) is 5.05. The van der Waals surface area contributed by atoms with Gasteiger partial charge in [-0.05, 0) is 37.1 Å². The molecule has 0 heterocycles. The number of halogens is 5. The van der Waals surface area contributed by atoms with Crippen molar-refractivity contribution >= 4 is 10.9 Å². The SMILES string of the molecule is Cc1cc([S+](c2cc(F)cc(F)c2)c2cc(F)cc(F)c2)cc(C)c1F. The highest BCUT2D eigenvalue weighted by Gasteiger charge is 2.32. The van der Waals surface area contributed by atoms with Crippen molar-refractivity contribution in [3.05, 3.63) is 88.7 Å². The summed E-state index contributed by atoms with van der Waals surface area (Å²) in [6.45, 7) is 3.12. The standard InChI is InChI=1S/C20H14F5S/c1-11-3-17(4-12(2)20(11)25)26(18-7-13(21)5-14(22)8-18)19-9-15(23)6-16(24)10-19/h3-10H,1-2H3/q+1. The molecule has 0 nitrogen and oxygen atoms in total. The van der Waals surface area contributed by atoms with E-state index in [4.69, 9.17) is 0 Å². The quantitative estimate of drug-likeness (QED) is 0.380. The van der Waals surface area contributed by atoms with E-state index in [2.05, 4.69) is 0 Å². The van der Waals surface area contributed by atoms with Gasteiger partial charge in [0, 0.05) is 36.4 Å². The molecule has 0 saturated heterocycles. The third-order valence-corrected chi connectivity index (χ3v) is 5.91. The predicted octanol–water partition coefficient (Wildman–Crippen LogP) is 6.09. The van der Waals surface area contributed by atoms with E-state index in [1.807, 2.05) is 0 Å². The minimum absolute atomic E-state index is 0.206. The molecule has 0 N–H and O–H groups in total. The van der Waals surface area contributed by atoms with Crippen LogP contribution in [-0.2, 0) is 10.9 Å². The lowest BCUT2D eigenvalue weighted by atomic mass is 10.1. The van der Waals surface area contributed by atoms with Gasteiger partial charge in [-0.3, -0.25) is 0 Å². The molecule has 0 bridgehead atoms. The third-order valence-electron chi connectivity index (χ3n) is 3.79. The summed E-state index contributed by atoms with van der Waals surface area (Å²) in [5.74, 6) is -3.60. The van der Waals surface area contributed by atoms with Crippen molar-refractivity contribution in [2.75, 3.05) is 0 Å². The normalized spacial score (nSPS) is 11.2. The molecule has 0 aliphatic rings. The van der Waals surface area contributed by atoms with Gasteiger partial charge in [0.1, 0.15) is 29.1 Å². The molecule has 134 valence electrons. The number of rotatable bonds is 3. The Hall–Kier alpha value is -2.34. The molecule has 0 fully saturated rings. The number of hydrogen-bond acceptors (Lipinski definition) is 0. The second kappa shape index (κ2) is 7.11. The van der Waals surface area contributed by atoms with Crippen molar-refractivity contribution in [3.8, 4) is 0 Å². The molecule has 0 aromatic heterocycles. The van der Waals surface area contributed by atoms with E-state index in [1.54, 1.807) is 13.8 Å². The van der Waals surface area contributed by atoms with Gasteiger partial charge < -0.3 is 0 Å². The molecule has 0 aliphatic carbocycles. The lowest BCUT2D eigenvalue weighted by Crippen LogP contribution is -2.08. The first-order valence-electron chi connectivity index (χ1n) is 7.68. The van der Waals surface area contributed by atoms with Crippen molar-refractivity contribution in [1.82, 2.24) is 0 Å². The topological polar surface area (TPSA) is 0 Å². The van der Waals surface area contributed by atoms with Gasteiger partial charge in [-0.2, -0.15) is 0 Å². The summed E-state index contributed by atoms with van der Waals surface area (Å²) in [4.78, 5) is 0.923. The van der Waals surface area contributed by atoms with Crippen LogP contribution in [-0.4, -0.2) is 0 Å². The molecule has 0 aliphatic heterocycles. The fourth-order valence-electron chi connectivity index (χ4n) is 2.73.